The van der Waals surface area contributed by atoms with Crippen LogP contribution in [0.2, 0.25) is 0 Å². The van der Waals surface area contributed by atoms with Crippen LogP contribution in [0.1, 0.15) is 10.4 Å². The zero-order chi connectivity index (χ0) is 15.8. The van der Waals surface area contributed by atoms with Crippen LogP contribution >= 0.6 is 11.3 Å². The van der Waals surface area contributed by atoms with Crippen molar-refractivity contribution >= 4 is 27.0 Å². The molecule has 0 atom stereocenters. The monoisotopic (exact) mass is 332 g/mol. The third-order valence-corrected chi connectivity index (χ3v) is 5.89. The second-order valence-corrected chi connectivity index (χ2v) is 7.58. The molecule has 0 spiro atoms. The number of anilines is 1. The van der Waals surface area contributed by atoms with E-state index in [2.05, 4.69) is 0 Å². The highest BCUT2D eigenvalue weighted by atomic mass is 32.2. The van der Waals surface area contributed by atoms with E-state index in [9.17, 15) is 17.2 Å². The Bertz CT molecular complexity index is 749. The first-order valence-corrected chi connectivity index (χ1v) is 8.29. The van der Waals surface area contributed by atoms with Gasteiger partial charge in [0.05, 0.1) is 0 Å². The largest absolute Gasteiger partial charge is 0.399 e. The zero-order valence-corrected chi connectivity index (χ0v) is 13.1. The number of aryl methyl sites for hydroxylation is 1. The second-order valence-electron chi connectivity index (χ2n) is 4.60. The van der Waals surface area contributed by atoms with E-state index in [0.717, 1.165) is 26.9 Å². The molecule has 8 heteroatoms. The van der Waals surface area contributed by atoms with Crippen molar-refractivity contribution < 1.29 is 17.2 Å². The molecule has 2 aromatic rings. The molecule has 0 amide bonds. The van der Waals surface area contributed by atoms with Crippen molar-refractivity contribution in [1.29, 1.82) is 0 Å². The normalized spacial score (nSPS) is 12.0. The van der Waals surface area contributed by atoms with Crippen molar-refractivity contribution in [1.82, 2.24) is 4.31 Å². The molecule has 0 unspecified atom stereocenters. The molecule has 0 aliphatic carbocycles. The fourth-order valence-electron chi connectivity index (χ4n) is 1.84. The van der Waals surface area contributed by atoms with Gasteiger partial charge in [0.15, 0.2) is 4.90 Å². The molecule has 0 aliphatic rings. The molecule has 0 saturated carbocycles. The van der Waals surface area contributed by atoms with E-state index in [4.69, 9.17) is 5.73 Å². The lowest BCUT2D eigenvalue weighted by molar-refractivity contribution is 0.450. The Morgan fingerprint density at radius 1 is 1.29 bits per heavy atom. The van der Waals surface area contributed by atoms with Gasteiger partial charge >= 0.3 is 0 Å². The third kappa shape index (κ3) is 3.07. The highest BCUT2D eigenvalue weighted by Crippen LogP contribution is 2.26. The quantitative estimate of drug-likeness (QED) is 0.876. The maximum Gasteiger partial charge on any atom is 0.249 e. The summed E-state index contributed by atoms with van der Waals surface area (Å²) in [5.41, 5.74) is 6.06. The summed E-state index contributed by atoms with van der Waals surface area (Å²) in [5, 5.41) is 1.83. The highest BCUT2D eigenvalue weighted by molar-refractivity contribution is 7.89. The minimum Gasteiger partial charge on any atom is -0.399 e. The van der Waals surface area contributed by atoms with Crippen LogP contribution in [0, 0.1) is 18.6 Å². The van der Waals surface area contributed by atoms with Gasteiger partial charge in [0, 0.05) is 24.2 Å². The van der Waals surface area contributed by atoms with Gasteiger partial charge in [0.2, 0.25) is 10.0 Å². The molecule has 1 heterocycles. The average Bonchev–Trinajstić information content (AvgIpc) is 2.73. The predicted molar refractivity (Wildman–Crippen MR) is 78.5 cm³/mol. The van der Waals surface area contributed by atoms with Gasteiger partial charge in [-0.3, -0.25) is 0 Å². The Morgan fingerprint density at radius 3 is 2.33 bits per heavy atom. The third-order valence-electron chi connectivity index (χ3n) is 3.02. The summed E-state index contributed by atoms with van der Waals surface area (Å²) in [6.45, 7) is 1.89. The number of hydrogen-bond acceptors (Lipinski definition) is 4. The van der Waals surface area contributed by atoms with Gasteiger partial charge < -0.3 is 5.73 Å². The van der Waals surface area contributed by atoms with Gasteiger partial charge in [-0.1, -0.05) is 0 Å². The molecule has 2 rings (SSSR count). The van der Waals surface area contributed by atoms with Gasteiger partial charge in [0.25, 0.3) is 0 Å². The number of nitrogens with two attached hydrogens (primary N) is 1. The highest BCUT2D eigenvalue weighted by Gasteiger charge is 2.29. The van der Waals surface area contributed by atoms with Crippen LogP contribution in [0.4, 0.5) is 14.5 Å². The fraction of sp³-hybridized carbons (Fsp3) is 0.231. The number of benzene rings is 1. The van der Waals surface area contributed by atoms with E-state index in [-0.39, 0.29) is 12.2 Å². The molecule has 1 aromatic carbocycles. The van der Waals surface area contributed by atoms with E-state index in [1.807, 2.05) is 18.4 Å². The van der Waals surface area contributed by atoms with Gasteiger partial charge in [-0.05, 0) is 36.1 Å². The van der Waals surface area contributed by atoms with Crippen molar-refractivity contribution in [2.45, 2.75) is 18.4 Å². The lowest BCUT2D eigenvalue weighted by Crippen LogP contribution is -2.28. The van der Waals surface area contributed by atoms with Crippen LogP contribution in [-0.2, 0) is 16.6 Å². The van der Waals surface area contributed by atoms with Crippen molar-refractivity contribution in [2.24, 2.45) is 0 Å². The van der Waals surface area contributed by atoms with Gasteiger partial charge in [-0.25, -0.2) is 17.2 Å². The number of thiophene rings is 1. The molecule has 0 radical (unpaired) electrons. The molecular weight excluding hydrogens is 318 g/mol. The number of hydrogen-bond donors (Lipinski definition) is 1. The number of rotatable bonds is 4. The van der Waals surface area contributed by atoms with Crippen LogP contribution in [0.5, 0.6) is 0 Å². The van der Waals surface area contributed by atoms with Crippen LogP contribution < -0.4 is 5.73 Å². The van der Waals surface area contributed by atoms with Crippen molar-refractivity contribution in [2.75, 3.05) is 12.8 Å². The molecule has 2 N–H and O–H groups in total. The maximum atomic E-state index is 13.8. The SMILES string of the molecule is Cc1ccsc1CN(C)S(=O)(=O)c1c(F)cc(N)cc1F. The second kappa shape index (κ2) is 5.70. The summed E-state index contributed by atoms with van der Waals surface area (Å²) in [6, 6.07) is 3.44. The first-order chi connectivity index (χ1) is 9.73. The minimum atomic E-state index is -4.28. The first kappa shape index (κ1) is 15.9. The fourth-order valence-corrected chi connectivity index (χ4v) is 4.10. The molecular formula is C13H14F2N2O2S2. The van der Waals surface area contributed by atoms with Gasteiger partial charge in [-0.15, -0.1) is 11.3 Å². The summed E-state index contributed by atoms with van der Waals surface area (Å²) in [4.78, 5) is -0.161. The lowest BCUT2D eigenvalue weighted by Gasteiger charge is -2.18. The summed E-state index contributed by atoms with van der Waals surface area (Å²) >= 11 is 1.39. The molecule has 21 heavy (non-hydrogen) atoms. The van der Waals surface area contributed by atoms with E-state index < -0.39 is 26.6 Å². The number of sulfonamides is 1. The minimum absolute atomic E-state index is 0.0507. The Kier molecular flexibility index (Phi) is 4.31. The first-order valence-electron chi connectivity index (χ1n) is 5.97. The predicted octanol–water partition coefficient (Wildman–Crippen LogP) is 2.74. The molecule has 0 saturated heterocycles. The van der Waals surface area contributed by atoms with E-state index in [1.165, 1.54) is 18.4 Å². The smallest absolute Gasteiger partial charge is 0.249 e. The van der Waals surface area contributed by atoms with Gasteiger partial charge in [-0.2, -0.15) is 4.31 Å². The van der Waals surface area contributed by atoms with Crippen molar-refractivity contribution in [3.8, 4) is 0 Å². The van der Waals surface area contributed by atoms with Crippen LogP contribution in [-0.4, -0.2) is 19.8 Å². The van der Waals surface area contributed by atoms with Crippen molar-refractivity contribution in [3.05, 3.63) is 45.7 Å². The zero-order valence-electron chi connectivity index (χ0n) is 11.4. The standard InChI is InChI=1S/C13H14F2N2O2S2/c1-8-3-4-20-12(8)7-17(2)21(18,19)13-10(14)5-9(16)6-11(13)15/h3-6H,7,16H2,1-2H3. The molecule has 0 bridgehead atoms. The van der Waals surface area contributed by atoms with E-state index >= 15 is 0 Å². The van der Waals surface area contributed by atoms with E-state index in [1.54, 1.807) is 0 Å². The Labute approximate surface area is 125 Å². The molecule has 4 nitrogen and oxygen atoms in total. The van der Waals surface area contributed by atoms with Gasteiger partial charge in [0.1, 0.15) is 11.6 Å². The molecule has 0 aliphatic heterocycles. The number of nitrogen functional groups attached to an aromatic ring is 1. The maximum absolute atomic E-state index is 13.8. The number of halogens is 2. The summed E-state index contributed by atoms with van der Waals surface area (Å²) in [6.07, 6.45) is 0. The van der Waals surface area contributed by atoms with E-state index in [0.29, 0.717) is 0 Å². The Balaban J connectivity index is 2.40. The van der Waals surface area contributed by atoms with Crippen LogP contribution in [0.15, 0.2) is 28.5 Å². The van der Waals surface area contributed by atoms with Crippen LogP contribution in [0.25, 0.3) is 0 Å². The molecule has 114 valence electrons. The Hall–Kier alpha value is -1.51. The average molecular weight is 332 g/mol. The number of nitrogens with zero attached hydrogens (tertiary/aromatic N) is 1. The molecule has 0 fully saturated rings. The summed E-state index contributed by atoms with van der Waals surface area (Å²) in [7, 11) is -2.99. The Morgan fingerprint density at radius 2 is 1.86 bits per heavy atom. The summed E-state index contributed by atoms with van der Waals surface area (Å²) in [5.74, 6) is -2.38. The topological polar surface area (TPSA) is 63.4 Å². The van der Waals surface area contributed by atoms with Crippen molar-refractivity contribution in [3.63, 3.8) is 0 Å². The lowest BCUT2D eigenvalue weighted by atomic mass is 10.3. The summed E-state index contributed by atoms with van der Waals surface area (Å²) < 4.78 is 53.2. The molecule has 1 aromatic heterocycles. The van der Waals surface area contributed by atoms with Crippen LogP contribution in [0.3, 0.4) is 0 Å².